The van der Waals surface area contributed by atoms with Gasteiger partial charge in [0.2, 0.25) is 0 Å². The fourth-order valence-corrected chi connectivity index (χ4v) is 4.82. The van der Waals surface area contributed by atoms with Gasteiger partial charge in [-0.25, -0.2) is 0 Å². The minimum atomic E-state index is -0.0543. The molecule has 1 aliphatic heterocycles. The summed E-state index contributed by atoms with van der Waals surface area (Å²) in [5.41, 5.74) is 2.90. The van der Waals surface area contributed by atoms with Crippen LogP contribution in [0.1, 0.15) is 12.5 Å². The summed E-state index contributed by atoms with van der Waals surface area (Å²) in [7, 11) is 0. The number of rotatable bonds is 3. The summed E-state index contributed by atoms with van der Waals surface area (Å²) < 4.78 is 7.61. The Balaban J connectivity index is 1.61. The number of anilines is 1. The fourth-order valence-electron chi connectivity index (χ4n) is 3.43. The molecule has 132 valence electrons. The van der Waals surface area contributed by atoms with Crippen LogP contribution in [0, 0.1) is 0 Å². The van der Waals surface area contributed by atoms with E-state index in [9.17, 15) is 4.79 Å². The molecule has 4 rings (SSSR count). The molecule has 0 fully saturated rings. The van der Waals surface area contributed by atoms with Gasteiger partial charge >= 0.3 is 0 Å². The molecule has 0 saturated carbocycles. The van der Waals surface area contributed by atoms with Crippen LogP contribution in [0.25, 0.3) is 10.9 Å². The number of nitrogens with zero attached hydrogens (tertiary/aromatic N) is 2. The molecule has 1 amide bonds. The van der Waals surface area contributed by atoms with Crippen molar-refractivity contribution in [2.75, 3.05) is 11.5 Å². The van der Waals surface area contributed by atoms with Gasteiger partial charge < -0.3 is 9.64 Å². The van der Waals surface area contributed by atoms with E-state index in [1.165, 1.54) is 5.56 Å². The van der Waals surface area contributed by atoms with E-state index in [1.54, 1.807) is 6.20 Å². The number of carbonyl (C=O) groups excluding carboxylic acids is 1. The van der Waals surface area contributed by atoms with Crippen LogP contribution in [-0.2, 0) is 11.2 Å². The Morgan fingerprint density at radius 2 is 2.04 bits per heavy atom. The maximum atomic E-state index is 12.9. The van der Waals surface area contributed by atoms with Crippen molar-refractivity contribution in [3.8, 4) is 5.75 Å². The SMILES string of the molecule is CC1Cc2ccccc2N1C(=O)COc1c(Br)cc(Br)c2cccnc12. The summed E-state index contributed by atoms with van der Waals surface area (Å²) in [6.45, 7) is 2.02. The van der Waals surface area contributed by atoms with Crippen molar-refractivity contribution >= 4 is 54.4 Å². The van der Waals surface area contributed by atoms with Gasteiger partial charge in [-0.2, -0.15) is 0 Å². The number of fused-ring (bicyclic) bond motifs is 2. The average molecular weight is 476 g/mol. The molecule has 0 aliphatic carbocycles. The lowest BCUT2D eigenvalue weighted by Gasteiger charge is -2.23. The number of amides is 1. The number of pyridine rings is 1. The highest BCUT2D eigenvalue weighted by Crippen LogP contribution is 2.37. The van der Waals surface area contributed by atoms with E-state index < -0.39 is 0 Å². The second kappa shape index (κ2) is 7.00. The van der Waals surface area contributed by atoms with Crippen molar-refractivity contribution in [3.05, 3.63) is 63.2 Å². The van der Waals surface area contributed by atoms with Gasteiger partial charge in [-0.15, -0.1) is 0 Å². The minimum Gasteiger partial charge on any atom is -0.480 e. The summed E-state index contributed by atoms with van der Waals surface area (Å²) in [5.74, 6) is 0.527. The Bertz CT molecular complexity index is 1010. The third-order valence-corrected chi connectivity index (χ3v) is 5.81. The predicted molar refractivity (Wildman–Crippen MR) is 110 cm³/mol. The molecule has 0 saturated heterocycles. The number of carbonyl (C=O) groups is 1. The van der Waals surface area contributed by atoms with Crippen molar-refractivity contribution in [1.29, 1.82) is 0 Å². The summed E-state index contributed by atoms with van der Waals surface area (Å²) >= 11 is 7.06. The molecule has 1 atom stereocenters. The van der Waals surface area contributed by atoms with Crippen LogP contribution >= 0.6 is 31.9 Å². The summed E-state index contributed by atoms with van der Waals surface area (Å²) in [5, 5.41) is 0.943. The number of hydrogen-bond acceptors (Lipinski definition) is 3. The highest BCUT2D eigenvalue weighted by Gasteiger charge is 2.30. The van der Waals surface area contributed by atoms with Gasteiger partial charge in [0.1, 0.15) is 5.52 Å². The Morgan fingerprint density at radius 1 is 1.23 bits per heavy atom. The lowest BCUT2D eigenvalue weighted by molar-refractivity contribution is -0.120. The lowest BCUT2D eigenvalue weighted by Crippen LogP contribution is -2.39. The van der Waals surface area contributed by atoms with Gasteiger partial charge in [0.15, 0.2) is 12.4 Å². The number of halogens is 2. The topological polar surface area (TPSA) is 42.4 Å². The van der Waals surface area contributed by atoms with Gasteiger partial charge in [0.25, 0.3) is 5.91 Å². The van der Waals surface area contributed by atoms with Gasteiger partial charge in [-0.1, -0.05) is 40.2 Å². The maximum absolute atomic E-state index is 12.9. The van der Waals surface area contributed by atoms with E-state index in [0.29, 0.717) is 5.75 Å². The number of benzene rings is 2. The van der Waals surface area contributed by atoms with Crippen molar-refractivity contribution in [2.24, 2.45) is 0 Å². The van der Waals surface area contributed by atoms with Crippen LogP contribution < -0.4 is 9.64 Å². The third kappa shape index (κ3) is 3.01. The molecule has 0 bridgehead atoms. The molecule has 2 heterocycles. The first-order valence-corrected chi connectivity index (χ1v) is 9.90. The molecule has 0 radical (unpaired) electrons. The van der Waals surface area contributed by atoms with Gasteiger partial charge in [-0.3, -0.25) is 9.78 Å². The zero-order valence-corrected chi connectivity index (χ0v) is 17.2. The van der Waals surface area contributed by atoms with E-state index in [2.05, 4.69) is 49.8 Å². The molecule has 26 heavy (non-hydrogen) atoms. The lowest BCUT2D eigenvalue weighted by atomic mass is 10.1. The molecule has 6 heteroatoms. The summed E-state index contributed by atoms with van der Waals surface area (Å²) in [6, 6.07) is 13.9. The number of aromatic nitrogens is 1. The minimum absolute atomic E-state index is 0.0371. The Kier molecular flexibility index (Phi) is 4.71. The van der Waals surface area contributed by atoms with E-state index in [-0.39, 0.29) is 18.6 Å². The summed E-state index contributed by atoms with van der Waals surface area (Å²) in [6.07, 6.45) is 2.59. The molecule has 3 aromatic rings. The highest BCUT2D eigenvalue weighted by molar-refractivity contribution is 9.11. The first kappa shape index (κ1) is 17.5. The third-order valence-electron chi connectivity index (χ3n) is 4.57. The second-order valence-corrected chi connectivity index (χ2v) is 8.01. The van der Waals surface area contributed by atoms with Crippen molar-refractivity contribution < 1.29 is 9.53 Å². The second-order valence-electron chi connectivity index (χ2n) is 6.30. The van der Waals surface area contributed by atoms with Gasteiger partial charge in [0.05, 0.1) is 4.47 Å². The van der Waals surface area contributed by atoms with E-state index in [4.69, 9.17) is 4.74 Å². The highest BCUT2D eigenvalue weighted by atomic mass is 79.9. The molecule has 0 N–H and O–H groups in total. The molecule has 0 spiro atoms. The van der Waals surface area contributed by atoms with E-state index >= 15 is 0 Å². The molecular formula is C20H16Br2N2O2. The molecule has 1 aliphatic rings. The molecular weight excluding hydrogens is 460 g/mol. The van der Waals surface area contributed by atoms with Crippen LogP contribution in [0.4, 0.5) is 5.69 Å². The molecule has 4 nitrogen and oxygen atoms in total. The van der Waals surface area contributed by atoms with Crippen LogP contribution in [-0.4, -0.2) is 23.5 Å². The van der Waals surface area contributed by atoms with Crippen molar-refractivity contribution in [3.63, 3.8) is 0 Å². The van der Waals surface area contributed by atoms with Gasteiger partial charge in [0, 0.05) is 27.8 Å². The molecule has 2 aromatic carbocycles. The quantitative estimate of drug-likeness (QED) is 0.528. The largest absolute Gasteiger partial charge is 0.480 e. The van der Waals surface area contributed by atoms with Crippen LogP contribution in [0.15, 0.2) is 57.6 Å². The summed E-state index contributed by atoms with van der Waals surface area (Å²) in [4.78, 5) is 19.1. The monoisotopic (exact) mass is 474 g/mol. The Labute approximate surface area is 168 Å². The number of ether oxygens (including phenoxy) is 1. The molecule has 1 unspecified atom stereocenters. The van der Waals surface area contributed by atoms with Crippen LogP contribution in [0.3, 0.4) is 0 Å². The normalized spacial score (nSPS) is 16.0. The zero-order valence-electron chi connectivity index (χ0n) is 14.1. The van der Waals surface area contributed by atoms with Crippen molar-refractivity contribution in [1.82, 2.24) is 4.98 Å². The fraction of sp³-hybridized carbons (Fsp3) is 0.200. The predicted octanol–water partition coefficient (Wildman–Crippen LogP) is 5.12. The standard InChI is InChI=1S/C20H16Br2N2O2/c1-12-9-13-5-2-3-7-17(13)24(12)18(25)11-26-20-16(22)10-15(21)14-6-4-8-23-19(14)20/h2-8,10,12H,9,11H2,1H3. The number of hydrogen-bond donors (Lipinski definition) is 0. The maximum Gasteiger partial charge on any atom is 0.265 e. The van der Waals surface area contributed by atoms with Crippen LogP contribution in [0.5, 0.6) is 5.75 Å². The van der Waals surface area contributed by atoms with E-state index in [0.717, 1.165) is 32.0 Å². The Morgan fingerprint density at radius 3 is 2.88 bits per heavy atom. The first-order chi connectivity index (χ1) is 12.6. The molecule has 1 aromatic heterocycles. The van der Waals surface area contributed by atoms with Gasteiger partial charge in [-0.05, 0) is 53.0 Å². The smallest absolute Gasteiger partial charge is 0.265 e. The van der Waals surface area contributed by atoms with Crippen LogP contribution in [0.2, 0.25) is 0 Å². The van der Waals surface area contributed by atoms with E-state index in [1.807, 2.05) is 41.3 Å². The zero-order chi connectivity index (χ0) is 18.3. The number of para-hydroxylation sites is 1. The Hall–Kier alpha value is -1.92. The van der Waals surface area contributed by atoms with Crippen molar-refractivity contribution in [2.45, 2.75) is 19.4 Å². The average Bonchev–Trinajstić information content (AvgIpc) is 2.97. The first-order valence-electron chi connectivity index (χ1n) is 8.31.